The molecule has 0 radical (unpaired) electrons. The summed E-state index contributed by atoms with van der Waals surface area (Å²) in [7, 11) is 0. The largest absolute Gasteiger partial charge is 0.256 e. The van der Waals surface area contributed by atoms with E-state index in [0.29, 0.717) is 26.3 Å². The molecule has 4 heteroatoms. The third kappa shape index (κ3) is 2.25. The van der Waals surface area contributed by atoms with Gasteiger partial charge in [0.25, 0.3) is 0 Å². The fourth-order valence-corrected chi connectivity index (χ4v) is 2.03. The molecular weight excluding hydrogens is 252 g/mol. The Labute approximate surface area is 103 Å². The second-order valence-corrected chi connectivity index (χ2v) is 4.21. The maximum Gasteiger partial charge on any atom is 0.0746 e. The van der Waals surface area contributed by atoms with E-state index in [9.17, 15) is 0 Å². The number of nitrogens with zero attached hydrogens (tertiary/aromatic N) is 1. The first kappa shape index (κ1) is 10.7. The first-order valence-corrected chi connectivity index (χ1v) is 5.38. The van der Waals surface area contributed by atoms with E-state index in [0.717, 1.165) is 0 Å². The van der Waals surface area contributed by atoms with Crippen LogP contribution in [0.4, 0.5) is 0 Å². The molecule has 2 rings (SSSR count). The maximum absolute atomic E-state index is 6.05. The van der Waals surface area contributed by atoms with E-state index in [1.54, 1.807) is 36.5 Å². The van der Waals surface area contributed by atoms with Gasteiger partial charge in [-0.3, -0.25) is 4.98 Å². The summed E-state index contributed by atoms with van der Waals surface area (Å²) in [5.74, 6) is 0. The van der Waals surface area contributed by atoms with Crippen molar-refractivity contribution < 1.29 is 0 Å². The van der Waals surface area contributed by atoms with E-state index in [4.69, 9.17) is 34.8 Å². The van der Waals surface area contributed by atoms with Crippen molar-refractivity contribution >= 4 is 34.8 Å². The molecule has 15 heavy (non-hydrogen) atoms. The minimum atomic E-state index is 0.567. The van der Waals surface area contributed by atoms with Crippen LogP contribution in [0.25, 0.3) is 11.3 Å². The number of benzene rings is 1. The Hall–Kier alpha value is -0.760. The maximum atomic E-state index is 6.05. The van der Waals surface area contributed by atoms with Crippen molar-refractivity contribution in [1.82, 2.24) is 4.98 Å². The molecule has 0 fully saturated rings. The van der Waals surface area contributed by atoms with Crippen molar-refractivity contribution in [3.63, 3.8) is 0 Å². The van der Waals surface area contributed by atoms with Crippen molar-refractivity contribution in [2.45, 2.75) is 0 Å². The smallest absolute Gasteiger partial charge is 0.0746 e. The summed E-state index contributed by atoms with van der Waals surface area (Å²) in [5, 5.41) is 1.74. The molecule has 0 aliphatic heterocycles. The lowest BCUT2D eigenvalue weighted by atomic mass is 10.1. The predicted octanol–water partition coefficient (Wildman–Crippen LogP) is 4.71. The van der Waals surface area contributed by atoms with Crippen LogP contribution in [0.2, 0.25) is 15.1 Å². The number of halogens is 3. The van der Waals surface area contributed by atoms with Crippen LogP contribution in [0.1, 0.15) is 0 Å². The molecule has 0 saturated heterocycles. The second kappa shape index (κ2) is 4.40. The van der Waals surface area contributed by atoms with Gasteiger partial charge < -0.3 is 0 Å². The molecule has 1 heterocycles. The monoisotopic (exact) mass is 257 g/mol. The van der Waals surface area contributed by atoms with E-state index in [1.807, 2.05) is 0 Å². The molecule has 2 aromatic rings. The topological polar surface area (TPSA) is 12.9 Å². The summed E-state index contributed by atoms with van der Waals surface area (Å²) in [6.45, 7) is 0. The van der Waals surface area contributed by atoms with Crippen LogP contribution < -0.4 is 0 Å². The molecule has 0 unspecified atom stereocenters. The highest BCUT2D eigenvalue weighted by molar-refractivity contribution is 6.39. The molecular formula is C11H6Cl3N. The SMILES string of the molecule is Clc1ccnc(-c2c(Cl)cccc2Cl)c1. The lowest BCUT2D eigenvalue weighted by Gasteiger charge is -2.05. The lowest BCUT2D eigenvalue weighted by Crippen LogP contribution is -1.85. The highest BCUT2D eigenvalue weighted by Gasteiger charge is 2.09. The minimum Gasteiger partial charge on any atom is -0.256 e. The highest BCUT2D eigenvalue weighted by atomic mass is 35.5. The number of rotatable bonds is 1. The summed E-state index contributed by atoms with van der Waals surface area (Å²) >= 11 is 18.0. The van der Waals surface area contributed by atoms with Gasteiger partial charge in [0.15, 0.2) is 0 Å². The fourth-order valence-electron chi connectivity index (χ4n) is 1.28. The lowest BCUT2D eigenvalue weighted by molar-refractivity contribution is 1.33. The first-order chi connectivity index (χ1) is 7.18. The van der Waals surface area contributed by atoms with E-state index < -0.39 is 0 Å². The van der Waals surface area contributed by atoms with Crippen LogP contribution in [-0.4, -0.2) is 4.98 Å². The van der Waals surface area contributed by atoms with Gasteiger partial charge in [-0.15, -0.1) is 0 Å². The van der Waals surface area contributed by atoms with Gasteiger partial charge in [0, 0.05) is 16.8 Å². The zero-order valence-electron chi connectivity index (χ0n) is 7.55. The Kier molecular flexibility index (Phi) is 3.15. The molecule has 0 spiro atoms. The summed E-state index contributed by atoms with van der Waals surface area (Å²) < 4.78 is 0. The zero-order valence-corrected chi connectivity index (χ0v) is 9.81. The average molecular weight is 259 g/mol. The Morgan fingerprint density at radius 2 is 1.60 bits per heavy atom. The summed E-state index contributed by atoms with van der Waals surface area (Å²) in [6.07, 6.45) is 1.62. The average Bonchev–Trinajstić information content (AvgIpc) is 2.17. The molecule has 0 aliphatic carbocycles. The Morgan fingerprint density at radius 3 is 2.20 bits per heavy atom. The van der Waals surface area contributed by atoms with Gasteiger partial charge in [0.05, 0.1) is 15.7 Å². The first-order valence-electron chi connectivity index (χ1n) is 4.24. The van der Waals surface area contributed by atoms with Gasteiger partial charge >= 0.3 is 0 Å². The molecule has 1 aromatic carbocycles. The minimum absolute atomic E-state index is 0.567. The van der Waals surface area contributed by atoms with E-state index >= 15 is 0 Å². The van der Waals surface area contributed by atoms with Gasteiger partial charge in [-0.25, -0.2) is 0 Å². The second-order valence-electron chi connectivity index (χ2n) is 2.96. The van der Waals surface area contributed by atoms with Gasteiger partial charge in [-0.05, 0) is 24.3 Å². The van der Waals surface area contributed by atoms with Crippen LogP contribution >= 0.6 is 34.8 Å². The number of aromatic nitrogens is 1. The number of pyridine rings is 1. The van der Waals surface area contributed by atoms with Crippen LogP contribution in [0, 0.1) is 0 Å². The van der Waals surface area contributed by atoms with Crippen molar-refractivity contribution in [3.8, 4) is 11.3 Å². The molecule has 0 atom stereocenters. The quantitative estimate of drug-likeness (QED) is 0.722. The molecule has 76 valence electrons. The molecule has 1 aromatic heterocycles. The Balaban J connectivity index is 2.63. The van der Waals surface area contributed by atoms with E-state index in [2.05, 4.69) is 4.98 Å². The third-order valence-electron chi connectivity index (χ3n) is 1.94. The van der Waals surface area contributed by atoms with Gasteiger partial charge in [-0.2, -0.15) is 0 Å². The standard InChI is InChI=1S/C11H6Cl3N/c12-7-4-5-15-10(6-7)11-8(13)2-1-3-9(11)14/h1-6H. The predicted molar refractivity (Wildman–Crippen MR) is 64.7 cm³/mol. The molecule has 0 bridgehead atoms. The molecule has 0 N–H and O–H groups in total. The van der Waals surface area contributed by atoms with Crippen molar-refractivity contribution in [3.05, 3.63) is 51.6 Å². The molecule has 0 saturated carbocycles. The van der Waals surface area contributed by atoms with Gasteiger partial charge in [0.2, 0.25) is 0 Å². The summed E-state index contributed by atoms with van der Waals surface area (Å²) in [5.41, 5.74) is 1.39. The van der Waals surface area contributed by atoms with Crippen LogP contribution in [0.3, 0.4) is 0 Å². The van der Waals surface area contributed by atoms with Gasteiger partial charge in [0.1, 0.15) is 0 Å². The van der Waals surface area contributed by atoms with Crippen molar-refractivity contribution in [1.29, 1.82) is 0 Å². The molecule has 1 nitrogen and oxygen atoms in total. The Bertz CT molecular complexity index is 477. The van der Waals surface area contributed by atoms with Crippen LogP contribution in [-0.2, 0) is 0 Å². The van der Waals surface area contributed by atoms with E-state index in [-0.39, 0.29) is 0 Å². The van der Waals surface area contributed by atoms with Gasteiger partial charge in [-0.1, -0.05) is 40.9 Å². The fraction of sp³-hybridized carbons (Fsp3) is 0. The molecule has 0 amide bonds. The third-order valence-corrected chi connectivity index (χ3v) is 2.81. The highest BCUT2D eigenvalue weighted by Crippen LogP contribution is 2.33. The summed E-state index contributed by atoms with van der Waals surface area (Å²) in [4.78, 5) is 4.18. The normalized spacial score (nSPS) is 10.3. The van der Waals surface area contributed by atoms with E-state index in [1.165, 1.54) is 0 Å². The zero-order chi connectivity index (χ0) is 10.8. The van der Waals surface area contributed by atoms with Crippen molar-refractivity contribution in [2.75, 3.05) is 0 Å². The Morgan fingerprint density at radius 1 is 0.933 bits per heavy atom. The molecule has 0 aliphatic rings. The number of hydrogen-bond acceptors (Lipinski definition) is 1. The van der Waals surface area contributed by atoms with Crippen LogP contribution in [0.15, 0.2) is 36.5 Å². The van der Waals surface area contributed by atoms with Crippen LogP contribution in [0.5, 0.6) is 0 Å². The van der Waals surface area contributed by atoms with Crippen molar-refractivity contribution in [2.24, 2.45) is 0 Å². The number of hydrogen-bond donors (Lipinski definition) is 0. The summed E-state index contributed by atoms with van der Waals surface area (Å²) in [6, 6.07) is 8.76.